The molecular formula is C17H27NO2. The van der Waals surface area contributed by atoms with Crippen molar-refractivity contribution in [3.63, 3.8) is 0 Å². The standard InChI is InChI=1S/C17H27NO2/c1-4-5-9-16(17(19)20)18-14(3)10-11-15-8-6-7-13(2)12-15/h6-8,12,14,16,18H,4-5,9-11H2,1-3H3,(H,19,20). The van der Waals surface area contributed by atoms with Gasteiger partial charge in [-0.15, -0.1) is 0 Å². The van der Waals surface area contributed by atoms with Crippen LogP contribution in [0.15, 0.2) is 24.3 Å². The Bertz CT molecular complexity index is 417. The van der Waals surface area contributed by atoms with Crippen LogP contribution in [0.2, 0.25) is 0 Å². The van der Waals surface area contributed by atoms with E-state index in [9.17, 15) is 9.90 Å². The number of rotatable bonds is 9. The van der Waals surface area contributed by atoms with Gasteiger partial charge in [0, 0.05) is 6.04 Å². The van der Waals surface area contributed by atoms with Crippen LogP contribution >= 0.6 is 0 Å². The average Bonchev–Trinajstić information content (AvgIpc) is 2.41. The fraction of sp³-hybridized carbons (Fsp3) is 0.588. The van der Waals surface area contributed by atoms with E-state index in [1.54, 1.807) is 0 Å². The number of carboxylic acid groups (broad SMARTS) is 1. The van der Waals surface area contributed by atoms with Crippen LogP contribution < -0.4 is 5.32 Å². The van der Waals surface area contributed by atoms with E-state index in [-0.39, 0.29) is 6.04 Å². The fourth-order valence-corrected chi connectivity index (χ4v) is 2.36. The highest BCUT2D eigenvalue weighted by atomic mass is 16.4. The minimum atomic E-state index is -0.735. The zero-order chi connectivity index (χ0) is 15.0. The number of carboxylic acids is 1. The van der Waals surface area contributed by atoms with E-state index in [1.165, 1.54) is 11.1 Å². The molecule has 2 unspecified atom stereocenters. The van der Waals surface area contributed by atoms with Crippen molar-refractivity contribution in [2.45, 2.75) is 65.0 Å². The van der Waals surface area contributed by atoms with Crippen molar-refractivity contribution >= 4 is 5.97 Å². The molecule has 3 heteroatoms. The smallest absolute Gasteiger partial charge is 0.320 e. The third-order valence-corrected chi connectivity index (χ3v) is 3.58. The van der Waals surface area contributed by atoms with E-state index in [4.69, 9.17) is 0 Å². The highest BCUT2D eigenvalue weighted by molar-refractivity contribution is 5.73. The Balaban J connectivity index is 2.41. The van der Waals surface area contributed by atoms with Crippen molar-refractivity contribution in [3.05, 3.63) is 35.4 Å². The highest BCUT2D eigenvalue weighted by Crippen LogP contribution is 2.09. The van der Waals surface area contributed by atoms with E-state index >= 15 is 0 Å². The Kier molecular flexibility index (Phi) is 7.31. The van der Waals surface area contributed by atoms with Gasteiger partial charge in [-0.25, -0.2) is 0 Å². The van der Waals surface area contributed by atoms with Gasteiger partial charge in [0.15, 0.2) is 0 Å². The van der Waals surface area contributed by atoms with Crippen LogP contribution in [0.1, 0.15) is 50.7 Å². The molecule has 1 aromatic carbocycles. The molecule has 0 aliphatic rings. The molecule has 0 spiro atoms. The molecule has 0 saturated carbocycles. The number of nitrogens with one attached hydrogen (secondary N) is 1. The summed E-state index contributed by atoms with van der Waals surface area (Å²) >= 11 is 0. The quantitative estimate of drug-likeness (QED) is 0.725. The number of aliphatic carboxylic acids is 1. The van der Waals surface area contributed by atoms with Crippen molar-refractivity contribution in [1.29, 1.82) is 0 Å². The molecule has 0 aromatic heterocycles. The number of hydrogen-bond acceptors (Lipinski definition) is 2. The maximum atomic E-state index is 11.2. The molecule has 20 heavy (non-hydrogen) atoms. The van der Waals surface area contributed by atoms with Crippen LogP contribution in [0, 0.1) is 6.92 Å². The number of unbranched alkanes of at least 4 members (excludes halogenated alkanes) is 1. The summed E-state index contributed by atoms with van der Waals surface area (Å²) < 4.78 is 0. The van der Waals surface area contributed by atoms with Crippen LogP contribution in [-0.2, 0) is 11.2 Å². The van der Waals surface area contributed by atoms with Crippen LogP contribution in [0.5, 0.6) is 0 Å². The molecule has 0 saturated heterocycles. The zero-order valence-corrected chi connectivity index (χ0v) is 12.9. The summed E-state index contributed by atoms with van der Waals surface area (Å²) in [5.41, 5.74) is 2.59. The molecule has 112 valence electrons. The Morgan fingerprint density at radius 3 is 2.70 bits per heavy atom. The average molecular weight is 277 g/mol. The Morgan fingerprint density at radius 2 is 2.10 bits per heavy atom. The molecule has 3 nitrogen and oxygen atoms in total. The summed E-state index contributed by atoms with van der Waals surface area (Å²) in [6.07, 6.45) is 4.63. The second-order valence-electron chi connectivity index (χ2n) is 5.63. The molecule has 0 bridgehead atoms. The van der Waals surface area contributed by atoms with Gasteiger partial charge in [0.2, 0.25) is 0 Å². The van der Waals surface area contributed by atoms with E-state index in [2.05, 4.69) is 50.4 Å². The van der Waals surface area contributed by atoms with E-state index in [0.29, 0.717) is 6.42 Å². The third-order valence-electron chi connectivity index (χ3n) is 3.58. The normalized spacial score (nSPS) is 13.9. The van der Waals surface area contributed by atoms with Gasteiger partial charge in [0.25, 0.3) is 0 Å². The minimum Gasteiger partial charge on any atom is -0.480 e. The van der Waals surface area contributed by atoms with Crippen LogP contribution in [-0.4, -0.2) is 23.2 Å². The summed E-state index contributed by atoms with van der Waals surface area (Å²) in [6, 6.07) is 8.29. The lowest BCUT2D eigenvalue weighted by atomic mass is 10.0. The van der Waals surface area contributed by atoms with Crippen LogP contribution in [0.3, 0.4) is 0 Å². The first-order chi connectivity index (χ1) is 9.52. The molecule has 0 fully saturated rings. The number of carbonyl (C=O) groups is 1. The molecular weight excluding hydrogens is 250 g/mol. The fourth-order valence-electron chi connectivity index (χ4n) is 2.36. The third kappa shape index (κ3) is 6.20. The maximum Gasteiger partial charge on any atom is 0.320 e. The van der Waals surface area contributed by atoms with Gasteiger partial charge in [-0.05, 0) is 38.7 Å². The maximum absolute atomic E-state index is 11.2. The van der Waals surface area contributed by atoms with Gasteiger partial charge in [-0.3, -0.25) is 4.79 Å². The second kappa shape index (κ2) is 8.75. The lowest BCUT2D eigenvalue weighted by molar-refractivity contribution is -0.139. The number of benzene rings is 1. The molecule has 2 atom stereocenters. The summed E-state index contributed by atoms with van der Waals surface area (Å²) in [5.74, 6) is -0.735. The second-order valence-corrected chi connectivity index (χ2v) is 5.63. The van der Waals surface area contributed by atoms with Gasteiger partial charge in [0.1, 0.15) is 6.04 Å². The van der Waals surface area contributed by atoms with Gasteiger partial charge in [0.05, 0.1) is 0 Å². The molecule has 0 aliphatic carbocycles. The lowest BCUT2D eigenvalue weighted by Crippen LogP contribution is -2.42. The first-order valence-electron chi connectivity index (χ1n) is 7.57. The molecule has 1 aromatic rings. The van der Waals surface area contributed by atoms with Crippen LogP contribution in [0.25, 0.3) is 0 Å². The van der Waals surface area contributed by atoms with Gasteiger partial charge in [-0.1, -0.05) is 49.6 Å². The summed E-state index contributed by atoms with van der Waals surface area (Å²) in [5, 5.41) is 12.4. The Morgan fingerprint density at radius 1 is 1.35 bits per heavy atom. The lowest BCUT2D eigenvalue weighted by Gasteiger charge is -2.20. The summed E-state index contributed by atoms with van der Waals surface area (Å²) in [4.78, 5) is 11.2. The molecule has 0 aliphatic heterocycles. The van der Waals surface area contributed by atoms with Crippen molar-refractivity contribution in [2.75, 3.05) is 0 Å². The van der Waals surface area contributed by atoms with Gasteiger partial charge < -0.3 is 10.4 Å². The van der Waals surface area contributed by atoms with Crippen molar-refractivity contribution < 1.29 is 9.90 Å². The van der Waals surface area contributed by atoms with Gasteiger partial charge >= 0.3 is 5.97 Å². The Hall–Kier alpha value is -1.35. The van der Waals surface area contributed by atoms with Crippen molar-refractivity contribution in [2.24, 2.45) is 0 Å². The molecule has 0 radical (unpaired) electrons. The predicted molar refractivity (Wildman–Crippen MR) is 83.0 cm³/mol. The van der Waals surface area contributed by atoms with Crippen molar-refractivity contribution in [3.8, 4) is 0 Å². The van der Waals surface area contributed by atoms with E-state index in [0.717, 1.165) is 25.7 Å². The molecule has 0 heterocycles. The number of aryl methyl sites for hydroxylation is 2. The highest BCUT2D eigenvalue weighted by Gasteiger charge is 2.18. The van der Waals surface area contributed by atoms with Gasteiger partial charge in [-0.2, -0.15) is 0 Å². The largest absolute Gasteiger partial charge is 0.480 e. The molecule has 2 N–H and O–H groups in total. The van der Waals surface area contributed by atoms with E-state index < -0.39 is 12.0 Å². The van der Waals surface area contributed by atoms with Crippen molar-refractivity contribution in [1.82, 2.24) is 5.32 Å². The molecule has 0 amide bonds. The topological polar surface area (TPSA) is 49.3 Å². The first-order valence-corrected chi connectivity index (χ1v) is 7.57. The van der Waals surface area contributed by atoms with Crippen LogP contribution in [0.4, 0.5) is 0 Å². The summed E-state index contributed by atoms with van der Waals surface area (Å²) in [7, 11) is 0. The molecule has 1 rings (SSSR count). The number of hydrogen-bond donors (Lipinski definition) is 2. The first kappa shape index (κ1) is 16.7. The predicted octanol–water partition coefficient (Wildman–Crippen LogP) is 3.55. The Labute approximate surface area is 122 Å². The zero-order valence-electron chi connectivity index (χ0n) is 12.9. The minimum absolute atomic E-state index is 0.216. The summed E-state index contributed by atoms with van der Waals surface area (Å²) in [6.45, 7) is 6.24. The monoisotopic (exact) mass is 277 g/mol. The SMILES string of the molecule is CCCCC(NC(C)CCc1cccc(C)c1)C(=O)O. The van der Waals surface area contributed by atoms with E-state index in [1.807, 2.05) is 0 Å².